The first-order valence-electron chi connectivity index (χ1n) is 25.2. The van der Waals surface area contributed by atoms with Gasteiger partial charge in [-0.05, 0) is 103 Å². The molecule has 1 aliphatic carbocycles. The molecular formula is C67H54N3OP. The van der Waals surface area contributed by atoms with Crippen molar-refractivity contribution in [2.75, 3.05) is 13.3 Å². The molecule has 5 heteroatoms. The zero-order valence-electron chi connectivity index (χ0n) is 40.7. The maximum Gasteiger partial charge on any atom is 0.164 e. The molecule has 10 aromatic carbocycles. The Morgan fingerprint density at radius 3 is 1.00 bits per heavy atom. The standard InChI is InChI=1S/C67H54N3OP/c1-72(2,71)57-42-36-51(37-43-57)63-60-22-12-10-20-58(60)62(59-21-11-13-23-61(59)63)50-32-38-55(39-33-50)67(44-14-5-15-45-67)56-40-34-54(35-41-56)66-69-64(52-18-8-4-9-19-52)68-65(70-66)53-30-28-49(29-31-53)48-26-24-47(25-27-48)46-16-6-3-7-17-46/h3-4,6-13,16-43H,5,14-15,44-45H2,1-2H3. The Morgan fingerprint density at radius 1 is 0.319 bits per heavy atom. The third-order valence-electron chi connectivity index (χ3n) is 15.0. The summed E-state index contributed by atoms with van der Waals surface area (Å²) in [6.07, 6.45) is 5.81. The molecule has 0 spiro atoms. The molecular weight excluding hydrogens is 894 g/mol. The van der Waals surface area contributed by atoms with Crippen molar-refractivity contribution in [2.24, 2.45) is 0 Å². The summed E-state index contributed by atoms with van der Waals surface area (Å²) in [5.74, 6) is 1.95. The van der Waals surface area contributed by atoms with Crippen LogP contribution in [0.2, 0.25) is 0 Å². The average molecular weight is 948 g/mol. The molecule has 0 atom stereocenters. The van der Waals surface area contributed by atoms with Crippen LogP contribution < -0.4 is 5.30 Å². The molecule has 348 valence electrons. The van der Waals surface area contributed by atoms with Crippen molar-refractivity contribution in [3.05, 3.63) is 242 Å². The first kappa shape index (κ1) is 45.1. The Bertz CT molecular complexity index is 3710. The summed E-state index contributed by atoms with van der Waals surface area (Å²) >= 11 is 0. The van der Waals surface area contributed by atoms with Crippen molar-refractivity contribution in [1.82, 2.24) is 15.0 Å². The Morgan fingerprint density at radius 2 is 0.611 bits per heavy atom. The van der Waals surface area contributed by atoms with Crippen LogP contribution in [0.25, 0.3) is 100 Å². The molecule has 0 unspecified atom stereocenters. The van der Waals surface area contributed by atoms with Crippen LogP contribution in [0.15, 0.2) is 231 Å². The molecule has 11 aromatic rings. The van der Waals surface area contributed by atoms with E-state index in [1.807, 2.05) is 49.7 Å². The lowest BCUT2D eigenvalue weighted by molar-refractivity contribution is 0.346. The minimum Gasteiger partial charge on any atom is -0.319 e. The molecule has 4 nitrogen and oxygen atoms in total. The zero-order valence-corrected chi connectivity index (χ0v) is 41.6. The first-order valence-corrected chi connectivity index (χ1v) is 27.8. The number of hydrogen-bond acceptors (Lipinski definition) is 4. The van der Waals surface area contributed by atoms with Gasteiger partial charge in [0.25, 0.3) is 0 Å². The van der Waals surface area contributed by atoms with E-state index in [2.05, 4.69) is 194 Å². The van der Waals surface area contributed by atoms with E-state index in [1.165, 1.54) is 79.8 Å². The topological polar surface area (TPSA) is 55.7 Å². The monoisotopic (exact) mass is 947 g/mol. The van der Waals surface area contributed by atoms with Crippen molar-refractivity contribution < 1.29 is 4.57 Å². The number of benzene rings is 10. The van der Waals surface area contributed by atoms with E-state index >= 15 is 0 Å². The van der Waals surface area contributed by atoms with E-state index in [0.717, 1.165) is 51.5 Å². The minimum absolute atomic E-state index is 0.112. The number of aromatic nitrogens is 3. The van der Waals surface area contributed by atoms with E-state index in [9.17, 15) is 4.57 Å². The Kier molecular flexibility index (Phi) is 11.9. The van der Waals surface area contributed by atoms with Gasteiger partial charge in [0.2, 0.25) is 0 Å². The summed E-state index contributed by atoms with van der Waals surface area (Å²) in [4.78, 5) is 15.3. The van der Waals surface area contributed by atoms with Gasteiger partial charge in [-0.1, -0.05) is 250 Å². The van der Waals surface area contributed by atoms with Crippen LogP contribution in [-0.2, 0) is 9.98 Å². The molecule has 0 radical (unpaired) electrons. The van der Waals surface area contributed by atoms with Crippen molar-refractivity contribution >= 4 is 34.0 Å². The molecule has 0 amide bonds. The maximum atomic E-state index is 12.9. The fourth-order valence-corrected chi connectivity index (χ4v) is 12.0. The minimum atomic E-state index is -2.37. The third-order valence-corrected chi connectivity index (χ3v) is 16.5. The van der Waals surface area contributed by atoms with Gasteiger partial charge in [-0.3, -0.25) is 0 Å². The molecule has 1 fully saturated rings. The van der Waals surface area contributed by atoms with Crippen LogP contribution in [0.1, 0.15) is 43.2 Å². The number of nitrogens with zero attached hydrogens (tertiary/aromatic N) is 3. The van der Waals surface area contributed by atoms with Crippen LogP contribution in [-0.4, -0.2) is 28.3 Å². The van der Waals surface area contributed by atoms with Gasteiger partial charge in [-0.2, -0.15) is 0 Å². The first-order chi connectivity index (χ1) is 35.3. The van der Waals surface area contributed by atoms with Crippen LogP contribution >= 0.6 is 7.14 Å². The van der Waals surface area contributed by atoms with E-state index < -0.39 is 7.14 Å². The van der Waals surface area contributed by atoms with Crippen molar-refractivity contribution in [1.29, 1.82) is 0 Å². The van der Waals surface area contributed by atoms with E-state index in [-0.39, 0.29) is 5.41 Å². The largest absolute Gasteiger partial charge is 0.319 e. The van der Waals surface area contributed by atoms with Crippen molar-refractivity contribution in [3.63, 3.8) is 0 Å². The maximum absolute atomic E-state index is 12.9. The smallest absolute Gasteiger partial charge is 0.164 e. The van der Waals surface area contributed by atoms with Crippen molar-refractivity contribution in [3.8, 4) is 78.7 Å². The molecule has 1 aromatic heterocycles. The SMILES string of the molecule is CP(C)(=O)c1ccc(-c2c3ccccc3c(-c3ccc(C4(c5ccc(-c6nc(-c7ccccc7)nc(-c7ccc(-c8ccc(-c9ccccc9)cc8)cc7)n6)cc5)CCCCC4)cc3)c3ccccc23)cc1. The van der Waals surface area contributed by atoms with Crippen LogP contribution in [0.3, 0.4) is 0 Å². The molecule has 1 aliphatic rings. The quantitative estimate of drug-likeness (QED) is 0.101. The highest BCUT2D eigenvalue weighted by Gasteiger charge is 2.36. The Balaban J connectivity index is 0.876. The molecule has 12 rings (SSSR count). The molecule has 1 heterocycles. The fraction of sp³-hybridized carbons (Fsp3) is 0.119. The summed E-state index contributed by atoms with van der Waals surface area (Å²) in [5.41, 5.74) is 14.9. The second kappa shape index (κ2) is 18.9. The van der Waals surface area contributed by atoms with Crippen molar-refractivity contribution in [2.45, 2.75) is 37.5 Å². The van der Waals surface area contributed by atoms with Gasteiger partial charge in [-0.15, -0.1) is 0 Å². The van der Waals surface area contributed by atoms with Crippen LogP contribution in [0, 0.1) is 0 Å². The lowest BCUT2D eigenvalue weighted by atomic mass is 9.65. The number of fused-ring (bicyclic) bond motifs is 2. The number of rotatable bonds is 10. The van der Waals surface area contributed by atoms with E-state index in [4.69, 9.17) is 15.0 Å². The zero-order chi connectivity index (χ0) is 48.7. The fourth-order valence-electron chi connectivity index (χ4n) is 11.2. The van der Waals surface area contributed by atoms with Crippen LogP contribution in [0.5, 0.6) is 0 Å². The lowest BCUT2D eigenvalue weighted by Crippen LogP contribution is -2.30. The molecule has 0 N–H and O–H groups in total. The third kappa shape index (κ3) is 8.56. The Labute approximate surface area is 422 Å². The molecule has 72 heavy (non-hydrogen) atoms. The van der Waals surface area contributed by atoms with Gasteiger partial charge in [-0.25, -0.2) is 15.0 Å². The van der Waals surface area contributed by atoms with Crippen LogP contribution in [0.4, 0.5) is 0 Å². The van der Waals surface area contributed by atoms with Gasteiger partial charge < -0.3 is 4.57 Å². The van der Waals surface area contributed by atoms with Gasteiger partial charge in [0, 0.05) is 27.4 Å². The normalized spacial score (nSPS) is 13.6. The summed E-state index contributed by atoms with van der Waals surface area (Å²) in [5, 5.41) is 5.77. The second-order valence-electron chi connectivity index (χ2n) is 19.7. The lowest BCUT2D eigenvalue weighted by Gasteiger charge is -2.39. The highest BCUT2D eigenvalue weighted by Crippen LogP contribution is 2.48. The molecule has 1 saturated carbocycles. The second-order valence-corrected chi connectivity index (χ2v) is 22.9. The summed E-state index contributed by atoms with van der Waals surface area (Å²) < 4.78 is 12.9. The summed E-state index contributed by atoms with van der Waals surface area (Å²) in [7, 11) is -2.37. The average Bonchev–Trinajstić information content (AvgIpc) is 3.45. The van der Waals surface area contributed by atoms with Gasteiger partial charge in [0.05, 0.1) is 0 Å². The highest BCUT2D eigenvalue weighted by molar-refractivity contribution is 7.70. The van der Waals surface area contributed by atoms with Gasteiger partial charge in [0.1, 0.15) is 7.14 Å². The summed E-state index contributed by atoms with van der Waals surface area (Å²) in [6, 6.07) is 82.5. The van der Waals surface area contributed by atoms with Gasteiger partial charge in [0.15, 0.2) is 17.5 Å². The molecule has 0 bridgehead atoms. The van der Waals surface area contributed by atoms with E-state index in [0.29, 0.717) is 17.5 Å². The highest BCUT2D eigenvalue weighted by atomic mass is 31.2. The Hall–Kier alpha value is -8.04. The molecule has 0 saturated heterocycles. The predicted molar refractivity (Wildman–Crippen MR) is 302 cm³/mol. The number of hydrogen-bond donors (Lipinski definition) is 0. The summed E-state index contributed by atoms with van der Waals surface area (Å²) in [6.45, 7) is 3.67. The van der Waals surface area contributed by atoms with E-state index in [1.54, 1.807) is 0 Å². The predicted octanol–water partition coefficient (Wildman–Crippen LogP) is 17.3. The molecule has 0 aliphatic heterocycles. The van der Waals surface area contributed by atoms with Gasteiger partial charge >= 0.3 is 0 Å².